The van der Waals surface area contributed by atoms with Crippen molar-refractivity contribution in [3.63, 3.8) is 0 Å². The van der Waals surface area contributed by atoms with Crippen molar-refractivity contribution < 1.29 is 38.1 Å². The van der Waals surface area contributed by atoms with Crippen LogP contribution in [-0.4, -0.2) is 51.1 Å². The van der Waals surface area contributed by atoms with Gasteiger partial charge in [-0.1, -0.05) is 29.8 Å². The molecular weight excluding hydrogens is 743 g/mol. The Morgan fingerprint density at radius 3 is 2.47 bits per heavy atom. The highest BCUT2D eigenvalue weighted by atomic mass is 127. The summed E-state index contributed by atoms with van der Waals surface area (Å²) in [5, 5.41) is 9.67. The van der Waals surface area contributed by atoms with Gasteiger partial charge in [-0.05, 0) is 96.5 Å². The van der Waals surface area contributed by atoms with Crippen molar-refractivity contribution >= 4 is 58.3 Å². The SMILES string of the molecule is CCOC(=O)C1=C(C)NC(=O)N[C@H]1c1ccc(OCC(=O)N/N=C\c2cc(Cl)c(OCc3ccc(I)cc3)c(OCC)c2)c(OC)c1. The van der Waals surface area contributed by atoms with Crippen LogP contribution in [0.25, 0.3) is 0 Å². The van der Waals surface area contributed by atoms with Crippen LogP contribution in [0, 0.1) is 3.57 Å². The van der Waals surface area contributed by atoms with Gasteiger partial charge < -0.3 is 34.3 Å². The normalized spacial score (nSPS) is 14.3. The fourth-order valence-electron chi connectivity index (χ4n) is 4.56. The lowest BCUT2D eigenvalue weighted by Crippen LogP contribution is -2.45. The smallest absolute Gasteiger partial charge is 0.338 e. The van der Waals surface area contributed by atoms with E-state index in [-0.39, 0.29) is 30.3 Å². The van der Waals surface area contributed by atoms with Crippen LogP contribution in [0.2, 0.25) is 5.02 Å². The zero-order valence-electron chi connectivity index (χ0n) is 26.1. The third kappa shape index (κ3) is 9.51. The molecule has 0 radical (unpaired) electrons. The maximum Gasteiger partial charge on any atom is 0.338 e. The van der Waals surface area contributed by atoms with E-state index in [2.05, 4.69) is 43.8 Å². The molecule has 248 valence electrons. The molecule has 3 N–H and O–H groups in total. The molecule has 0 aromatic heterocycles. The summed E-state index contributed by atoms with van der Waals surface area (Å²) in [7, 11) is 1.44. The number of esters is 1. The number of benzene rings is 3. The standard InChI is InChI=1S/C33H34ClIN4O8/c1-5-44-27-14-21(13-24(34)31(27)47-17-20-7-10-23(35)11-8-20)16-36-39-28(40)18-46-25-12-9-22(15-26(25)43-4)30-29(32(41)45-6-2)19(3)37-33(42)38-30/h7-16,30H,5-6,17-18H2,1-4H3,(H,39,40)(H2,37,38,42)/b36-16-/t30-/m0/s1. The van der Waals surface area contributed by atoms with Gasteiger partial charge in [-0.25, -0.2) is 15.0 Å². The van der Waals surface area contributed by atoms with E-state index in [1.54, 1.807) is 44.2 Å². The molecule has 0 spiro atoms. The third-order valence-electron chi connectivity index (χ3n) is 6.68. The molecule has 1 atom stereocenters. The number of rotatable bonds is 14. The first-order valence-electron chi connectivity index (χ1n) is 14.5. The van der Waals surface area contributed by atoms with Gasteiger partial charge in [0.1, 0.15) is 6.61 Å². The van der Waals surface area contributed by atoms with Crippen molar-refractivity contribution in [1.82, 2.24) is 16.1 Å². The minimum absolute atomic E-state index is 0.177. The molecule has 0 unspecified atom stereocenters. The van der Waals surface area contributed by atoms with Crippen molar-refractivity contribution in [2.24, 2.45) is 5.10 Å². The molecule has 0 saturated carbocycles. The van der Waals surface area contributed by atoms with E-state index in [0.717, 1.165) is 9.13 Å². The summed E-state index contributed by atoms with van der Waals surface area (Å²) in [6.07, 6.45) is 1.43. The number of halogens is 2. The number of ether oxygens (including phenoxy) is 5. The predicted molar refractivity (Wildman–Crippen MR) is 184 cm³/mol. The van der Waals surface area contributed by atoms with E-state index < -0.39 is 23.9 Å². The molecular formula is C33H34ClIN4O8. The number of hydrazone groups is 1. The molecule has 3 aromatic carbocycles. The summed E-state index contributed by atoms with van der Waals surface area (Å²) in [6, 6.07) is 14.9. The van der Waals surface area contributed by atoms with Crippen LogP contribution in [-0.2, 0) is 20.9 Å². The summed E-state index contributed by atoms with van der Waals surface area (Å²) in [6.45, 7) is 5.68. The fourth-order valence-corrected chi connectivity index (χ4v) is 5.20. The van der Waals surface area contributed by atoms with Gasteiger partial charge in [0.15, 0.2) is 29.6 Å². The summed E-state index contributed by atoms with van der Waals surface area (Å²) in [5.41, 5.74) is 5.18. The first kappa shape index (κ1) is 35.4. The Hall–Kier alpha value is -4.50. The summed E-state index contributed by atoms with van der Waals surface area (Å²) >= 11 is 8.77. The van der Waals surface area contributed by atoms with E-state index in [4.69, 9.17) is 35.3 Å². The molecule has 12 nitrogen and oxygen atoms in total. The van der Waals surface area contributed by atoms with Gasteiger partial charge in [-0.2, -0.15) is 5.10 Å². The number of allylic oxidation sites excluding steroid dienone is 1. The lowest BCUT2D eigenvalue weighted by molar-refractivity contribution is -0.139. The van der Waals surface area contributed by atoms with Crippen molar-refractivity contribution in [1.29, 1.82) is 0 Å². The van der Waals surface area contributed by atoms with E-state index in [1.807, 2.05) is 31.2 Å². The lowest BCUT2D eigenvalue weighted by atomic mass is 9.95. The zero-order chi connectivity index (χ0) is 33.9. The first-order valence-corrected chi connectivity index (χ1v) is 16.0. The number of carbonyl (C=O) groups is 3. The van der Waals surface area contributed by atoms with Gasteiger partial charge in [0, 0.05) is 9.27 Å². The van der Waals surface area contributed by atoms with Gasteiger partial charge in [0.25, 0.3) is 5.91 Å². The molecule has 1 aliphatic rings. The molecule has 3 amide bonds. The molecule has 14 heteroatoms. The van der Waals surface area contributed by atoms with Crippen molar-refractivity contribution in [3.8, 4) is 23.0 Å². The van der Waals surface area contributed by atoms with Crippen LogP contribution in [0.15, 0.2) is 71.0 Å². The highest BCUT2D eigenvalue weighted by molar-refractivity contribution is 14.1. The second-order valence-corrected chi connectivity index (χ2v) is 11.6. The first-order chi connectivity index (χ1) is 22.6. The molecule has 0 aliphatic carbocycles. The number of carbonyl (C=O) groups excluding carboxylic acids is 3. The molecule has 4 rings (SSSR count). The van der Waals surface area contributed by atoms with Crippen molar-refractivity contribution in [2.75, 3.05) is 26.9 Å². The average Bonchev–Trinajstić information content (AvgIpc) is 3.04. The van der Waals surface area contributed by atoms with E-state index >= 15 is 0 Å². The van der Waals surface area contributed by atoms with Crippen LogP contribution in [0.5, 0.6) is 23.0 Å². The number of methoxy groups -OCH3 is 1. The van der Waals surface area contributed by atoms with Crippen LogP contribution in [0.4, 0.5) is 4.79 Å². The quantitative estimate of drug-likeness (QED) is 0.0825. The predicted octanol–water partition coefficient (Wildman–Crippen LogP) is 5.65. The number of nitrogens with one attached hydrogen (secondary N) is 3. The molecule has 0 saturated heterocycles. The molecule has 1 aliphatic heterocycles. The minimum Gasteiger partial charge on any atom is -0.493 e. The van der Waals surface area contributed by atoms with E-state index in [9.17, 15) is 14.4 Å². The Bertz CT molecular complexity index is 1680. The molecule has 1 heterocycles. The summed E-state index contributed by atoms with van der Waals surface area (Å²) in [4.78, 5) is 37.3. The van der Waals surface area contributed by atoms with E-state index in [1.165, 1.54) is 13.3 Å². The molecule has 0 bridgehead atoms. The van der Waals surface area contributed by atoms with Crippen molar-refractivity contribution in [2.45, 2.75) is 33.4 Å². The average molecular weight is 777 g/mol. The topological polar surface area (TPSA) is 146 Å². The summed E-state index contributed by atoms with van der Waals surface area (Å²) in [5.74, 6) is 0.318. The van der Waals surface area contributed by atoms with Crippen molar-refractivity contribution in [3.05, 3.63) is 91.2 Å². The van der Waals surface area contributed by atoms with Gasteiger partial charge in [-0.3, -0.25) is 4.79 Å². The molecule has 3 aromatic rings. The number of urea groups is 1. The second-order valence-electron chi connectivity index (χ2n) is 9.96. The fraction of sp³-hybridized carbons (Fsp3) is 0.273. The Morgan fingerprint density at radius 2 is 1.77 bits per heavy atom. The lowest BCUT2D eigenvalue weighted by Gasteiger charge is -2.28. The largest absolute Gasteiger partial charge is 0.493 e. The Balaban J connectivity index is 1.38. The number of hydrogen-bond donors (Lipinski definition) is 3. The third-order valence-corrected chi connectivity index (χ3v) is 7.68. The Kier molecular flexibility index (Phi) is 12.7. The minimum atomic E-state index is -0.784. The van der Waals surface area contributed by atoms with Crippen LogP contribution >= 0.6 is 34.2 Å². The monoisotopic (exact) mass is 776 g/mol. The van der Waals surface area contributed by atoms with Gasteiger partial charge in [0.05, 0.1) is 43.2 Å². The maximum absolute atomic E-state index is 12.6. The zero-order valence-corrected chi connectivity index (χ0v) is 29.1. The number of amides is 3. The second kappa shape index (κ2) is 16.9. The maximum atomic E-state index is 12.6. The Labute approximate surface area is 290 Å². The van der Waals surface area contributed by atoms with Crippen LogP contribution in [0.3, 0.4) is 0 Å². The summed E-state index contributed by atoms with van der Waals surface area (Å²) < 4.78 is 29.2. The molecule has 47 heavy (non-hydrogen) atoms. The highest BCUT2D eigenvalue weighted by Crippen LogP contribution is 2.37. The van der Waals surface area contributed by atoms with Gasteiger partial charge in [0.2, 0.25) is 0 Å². The molecule has 0 fully saturated rings. The van der Waals surface area contributed by atoms with Crippen LogP contribution in [0.1, 0.15) is 43.5 Å². The van der Waals surface area contributed by atoms with Gasteiger partial charge >= 0.3 is 12.0 Å². The van der Waals surface area contributed by atoms with Gasteiger partial charge in [-0.15, -0.1) is 0 Å². The Morgan fingerprint density at radius 1 is 1.00 bits per heavy atom. The van der Waals surface area contributed by atoms with Crippen LogP contribution < -0.4 is 35.0 Å². The number of hydrogen-bond acceptors (Lipinski definition) is 9. The van der Waals surface area contributed by atoms with E-state index in [0.29, 0.717) is 46.6 Å². The number of nitrogens with zero attached hydrogens (tertiary/aromatic N) is 1. The highest BCUT2D eigenvalue weighted by Gasteiger charge is 2.32.